The van der Waals surface area contributed by atoms with Gasteiger partial charge in [0.05, 0.1) is 4.92 Å². The fraction of sp³-hybridized carbons (Fsp3) is 0.588. The molecule has 0 bridgehead atoms. The van der Waals surface area contributed by atoms with E-state index in [9.17, 15) is 14.9 Å². The molecule has 1 aromatic rings. The Hall–Kier alpha value is -1.95. The van der Waals surface area contributed by atoms with Crippen molar-refractivity contribution in [3.05, 3.63) is 33.9 Å². The summed E-state index contributed by atoms with van der Waals surface area (Å²) in [5.41, 5.74) is 1.35. The molecule has 0 aliphatic rings. The molecule has 1 amide bonds. The zero-order valence-electron chi connectivity index (χ0n) is 14.6. The number of hydrogen-bond acceptors (Lipinski definition) is 4. The summed E-state index contributed by atoms with van der Waals surface area (Å²) in [7, 11) is 0. The van der Waals surface area contributed by atoms with Crippen molar-refractivity contribution in [1.82, 2.24) is 4.90 Å². The van der Waals surface area contributed by atoms with E-state index < -0.39 is 4.92 Å². The predicted molar refractivity (Wildman–Crippen MR) is 92.6 cm³/mol. The highest BCUT2D eigenvalue weighted by Crippen LogP contribution is 2.21. The molecule has 1 rings (SSSR count). The second-order valence-corrected chi connectivity index (χ2v) is 6.17. The summed E-state index contributed by atoms with van der Waals surface area (Å²) < 4.78 is 0. The summed E-state index contributed by atoms with van der Waals surface area (Å²) in [6.07, 6.45) is 0.404. The van der Waals surface area contributed by atoms with E-state index in [1.807, 2.05) is 0 Å². The number of carbonyl (C=O) groups is 1. The Morgan fingerprint density at radius 1 is 1.35 bits per heavy atom. The van der Waals surface area contributed by atoms with Gasteiger partial charge in [0, 0.05) is 36.8 Å². The van der Waals surface area contributed by atoms with Gasteiger partial charge in [-0.3, -0.25) is 14.9 Å². The molecular weight excluding hydrogens is 294 g/mol. The van der Waals surface area contributed by atoms with E-state index in [2.05, 4.69) is 37.9 Å². The molecule has 0 aromatic heterocycles. The van der Waals surface area contributed by atoms with Crippen LogP contribution >= 0.6 is 0 Å². The minimum atomic E-state index is -0.439. The third kappa shape index (κ3) is 5.63. The van der Waals surface area contributed by atoms with Crippen molar-refractivity contribution < 1.29 is 9.72 Å². The summed E-state index contributed by atoms with van der Waals surface area (Å²) in [5.74, 6) is 0.464. The third-order valence-electron chi connectivity index (χ3n) is 4.27. The number of rotatable bonds is 8. The normalized spacial score (nSPS) is 12.5. The fourth-order valence-corrected chi connectivity index (χ4v) is 2.43. The van der Waals surface area contributed by atoms with Crippen LogP contribution in [0.5, 0.6) is 0 Å². The molecule has 0 aliphatic carbocycles. The first-order valence-corrected chi connectivity index (χ1v) is 8.05. The lowest BCUT2D eigenvalue weighted by atomic mass is 10.0. The zero-order chi connectivity index (χ0) is 17.6. The fourth-order valence-electron chi connectivity index (χ4n) is 2.43. The van der Waals surface area contributed by atoms with Gasteiger partial charge in [-0.25, -0.2) is 0 Å². The minimum Gasteiger partial charge on any atom is -0.326 e. The van der Waals surface area contributed by atoms with E-state index >= 15 is 0 Å². The SMILES string of the molecule is CCN(CCC(=O)Nc1ccc([N+](=O)[O-])cc1C)C(C)C(C)C. The number of nitrogens with zero attached hydrogens (tertiary/aromatic N) is 2. The van der Waals surface area contributed by atoms with Crippen molar-refractivity contribution in [2.45, 2.75) is 47.1 Å². The summed E-state index contributed by atoms with van der Waals surface area (Å²) in [6.45, 7) is 12.0. The van der Waals surface area contributed by atoms with Crippen LogP contribution in [0.1, 0.15) is 39.7 Å². The number of amides is 1. The molecule has 1 unspecified atom stereocenters. The summed E-state index contributed by atoms with van der Waals surface area (Å²) in [5, 5.41) is 13.6. The number of benzene rings is 1. The first-order chi connectivity index (χ1) is 10.8. The van der Waals surface area contributed by atoms with Gasteiger partial charge in [-0.15, -0.1) is 0 Å². The molecule has 1 N–H and O–H groups in total. The molecule has 0 spiro atoms. The second-order valence-electron chi connectivity index (χ2n) is 6.17. The van der Waals surface area contributed by atoms with Gasteiger partial charge in [0.2, 0.25) is 5.91 Å². The van der Waals surface area contributed by atoms with Crippen LogP contribution in [0, 0.1) is 23.0 Å². The van der Waals surface area contributed by atoms with Crippen LogP contribution in [-0.4, -0.2) is 34.9 Å². The van der Waals surface area contributed by atoms with Crippen LogP contribution in [0.3, 0.4) is 0 Å². The number of nitro groups is 1. The first-order valence-electron chi connectivity index (χ1n) is 8.05. The van der Waals surface area contributed by atoms with E-state index in [1.165, 1.54) is 12.1 Å². The molecule has 1 aromatic carbocycles. The van der Waals surface area contributed by atoms with E-state index in [1.54, 1.807) is 13.0 Å². The highest BCUT2D eigenvalue weighted by Gasteiger charge is 2.17. The maximum absolute atomic E-state index is 12.1. The van der Waals surface area contributed by atoms with Crippen molar-refractivity contribution >= 4 is 17.3 Å². The first kappa shape index (κ1) is 19.1. The summed E-state index contributed by atoms with van der Waals surface area (Å²) >= 11 is 0. The van der Waals surface area contributed by atoms with Gasteiger partial charge in [-0.1, -0.05) is 20.8 Å². The molecule has 23 heavy (non-hydrogen) atoms. The predicted octanol–water partition coefficient (Wildman–Crippen LogP) is 3.60. The zero-order valence-corrected chi connectivity index (χ0v) is 14.6. The largest absolute Gasteiger partial charge is 0.326 e. The van der Waals surface area contributed by atoms with Crippen LogP contribution in [0.4, 0.5) is 11.4 Å². The van der Waals surface area contributed by atoms with Crippen molar-refractivity contribution in [2.24, 2.45) is 5.92 Å². The van der Waals surface area contributed by atoms with Crippen LogP contribution < -0.4 is 5.32 Å². The molecule has 0 aliphatic heterocycles. The quantitative estimate of drug-likeness (QED) is 0.586. The number of nitro benzene ring substituents is 1. The van der Waals surface area contributed by atoms with Gasteiger partial charge >= 0.3 is 0 Å². The molecule has 6 nitrogen and oxygen atoms in total. The molecule has 0 heterocycles. The standard InChI is InChI=1S/C17H27N3O3/c1-6-19(14(5)12(2)3)10-9-17(21)18-16-8-7-15(20(22)23)11-13(16)4/h7-8,11-12,14H,6,9-10H2,1-5H3,(H,18,21). The van der Waals surface area contributed by atoms with Gasteiger partial charge in [-0.2, -0.15) is 0 Å². The molecule has 0 saturated heterocycles. The molecular formula is C17H27N3O3. The van der Waals surface area contributed by atoms with Gasteiger partial charge < -0.3 is 10.2 Å². The average molecular weight is 321 g/mol. The lowest BCUT2D eigenvalue weighted by Crippen LogP contribution is -2.38. The molecule has 0 fully saturated rings. The maximum atomic E-state index is 12.1. The molecule has 0 radical (unpaired) electrons. The van der Waals surface area contributed by atoms with Crippen LogP contribution in [-0.2, 0) is 4.79 Å². The van der Waals surface area contributed by atoms with Crippen LogP contribution in [0.25, 0.3) is 0 Å². The highest BCUT2D eigenvalue weighted by molar-refractivity contribution is 5.91. The Morgan fingerprint density at radius 3 is 2.48 bits per heavy atom. The van der Waals surface area contributed by atoms with E-state index in [0.29, 0.717) is 36.2 Å². The number of anilines is 1. The smallest absolute Gasteiger partial charge is 0.269 e. The van der Waals surface area contributed by atoms with Gasteiger partial charge in [0.25, 0.3) is 5.69 Å². The highest BCUT2D eigenvalue weighted by atomic mass is 16.6. The van der Waals surface area contributed by atoms with E-state index in [-0.39, 0.29) is 11.6 Å². The van der Waals surface area contributed by atoms with Gasteiger partial charge in [0.1, 0.15) is 0 Å². The van der Waals surface area contributed by atoms with Crippen molar-refractivity contribution in [1.29, 1.82) is 0 Å². The molecule has 0 saturated carbocycles. The molecule has 128 valence electrons. The topological polar surface area (TPSA) is 75.5 Å². The van der Waals surface area contributed by atoms with Crippen molar-refractivity contribution in [2.75, 3.05) is 18.4 Å². The van der Waals surface area contributed by atoms with E-state index in [4.69, 9.17) is 0 Å². The molecule has 1 atom stereocenters. The Kier molecular flexibility index (Phi) is 7.16. The average Bonchev–Trinajstić information content (AvgIpc) is 2.49. The monoisotopic (exact) mass is 321 g/mol. The van der Waals surface area contributed by atoms with E-state index in [0.717, 1.165) is 6.54 Å². The number of carbonyl (C=O) groups excluding carboxylic acids is 1. The van der Waals surface area contributed by atoms with Crippen LogP contribution in [0.15, 0.2) is 18.2 Å². The lowest BCUT2D eigenvalue weighted by Gasteiger charge is -2.30. The number of aryl methyl sites for hydroxylation is 1. The van der Waals surface area contributed by atoms with Crippen molar-refractivity contribution in [3.8, 4) is 0 Å². The van der Waals surface area contributed by atoms with Gasteiger partial charge in [0.15, 0.2) is 0 Å². The maximum Gasteiger partial charge on any atom is 0.269 e. The summed E-state index contributed by atoms with van der Waals surface area (Å²) in [4.78, 5) is 24.7. The van der Waals surface area contributed by atoms with Gasteiger partial charge in [-0.05, 0) is 37.9 Å². The number of hydrogen-bond donors (Lipinski definition) is 1. The summed E-state index contributed by atoms with van der Waals surface area (Å²) in [6, 6.07) is 4.88. The number of nitrogens with one attached hydrogen (secondary N) is 1. The number of non-ortho nitro benzene ring substituents is 1. The Bertz CT molecular complexity index is 558. The third-order valence-corrected chi connectivity index (χ3v) is 4.27. The Balaban J connectivity index is 2.61. The minimum absolute atomic E-state index is 0.0309. The lowest BCUT2D eigenvalue weighted by molar-refractivity contribution is -0.384. The Labute approximate surface area is 138 Å². The Morgan fingerprint density at radius 2 is 2.00 bits per heavy atom. The van der Waals surface area contributed by atoms with Crippen LogP contribution in [0.2, 0.25) is 0 Å². The van der Waals surface area contributed by atoms with Crippen molar-refractivity contribution in [3.63, 3.8) is 0 Å². The second kappa shape index (κ2) is 8.62. The molecule has 6 heteroatoms.